The molecule has 0 saturated heterocycles. The number of aromatic nitrogens is 2. The van der Waals surface area contributed by atoms with Crippen molar-refractivity contribution >= 4 is 5.95 Å². The van der Waals surface area contributed by atoms with Crippen LogP contribution in [0, 0.1) is 23.7 Å². The second kappa shape index (κ2) is 4.99. The topological polar surface area (TPSA) is 49.8 Å². The quantitative estimate of drug-likeness (QED) is 0.884. The Bertz CT molecular complexity index is 442. The monoisotopic (exact) mass is 272 g/mol. The van der Waals surface area contributed by atoms with Crippen molar-refractivity contribution in [2.45, 2.75) is 44.7 Å². The fourth-order valence-corrected chi connectivity index (χ4v) is 5.07. The van der Waals surface area contributed by atoms with Gasteiger partial charge < -0.3 is 10.6 Å². The number of nitrogens with zero attached hydrogens (tertiary/aromatic N) is 2. The standard InChI is InChI=1S/C16H24N4/c1-17-16-19-8-12(9-20-16)7-18-15-13-3-10-2-11(5-13)6-14(15)4-10/h8-11,13-15,18H,2-7H2,1H3,(H,17,19,20). The Morgan fingerprint density at radius 2 is 1.60 bits per heavy atom. The van der Waals surface area contributed by atoms with E-state index >= 15 is 0 Å². The van der Waals surface area contributed by atoms with E-state index in [9.17, 15) is 0 Å². The van der Waals surface area contributed by atoms with Gasteiger partial charge in [0.15, 0.2) is 0 Å². The smallest absolute Gasteiger partial charge is 0.222 e. The molecule has 0 aliphatic heterocycles. The summed E-state index contributed by atoms with van der Waals surface area (Å²) >= 11 is 0. The van der Waals surface area contributed by atoms with Crippen LogP contribution in [-0.2, 0) is 6.54 Å². The van der Waals surface area contributed by atoms with Crippen LogP contribution >= 0.6 is 0 Å². The van der Waals surface area contributed by atoms with Crippen LogP contribution in [0.25, 0.3) is 0 Å². The van der Waals surface area contributed by atoms with E-state index in [0.29, 0.717) is 5.95 Å². The maximum absolute atomic E-state index is 4.29. The van der Waals surface area contributed by atoms with Crippen molar-refractivity contribution < 1.29 is 0 Å². The molecule has 0 aromatic carbocycles. The summed E-state index contributed by atoms with van der Waals surface area (Å²) in [7, 11) is 1.85. The van der Waals surface area contributed by atoms with Gasteiger partial charge in [0, 0.05) is 37.6 Å². The molecule has 1 aromatic heterocycles. The SMILES string of the molecule is CNc1ncc(CNC2C3CC4CC(C3)CC2C4)cn1. The zero-order valence-electron chi connectivity index (χ0n) is 12.2. The Morgan fingerprint density at radius 3 is 2.15 bits per heavy atom. The van der Waals surface area contributed by atoms with Crippen LogP contribution in [0.5, 0.6) is 0 Å². The molecular weight excluding hydrogens is 248 g/mol. The van der Waals surface area contributed by atoms with E-state index < -0.39 is 0 Å². The summed E-state index contributed by atoms with van der Waals surface area (Å²) in [6.07, 6.45) is 11.3. The van der Waals surface area contributed by atoms with E-state index in [2.05, 4.69) is 20.6 Å². The summed E-state index contributed by atoms with van der Waals surface area (Å²) in [6.45, 7) is 0.914. The van der Waals surface area contributed by atoms with Gasteiger partial charge in [-0.2, -0.15) is 0 Å². The molecule has 4 aliphatic rings. The molecule has 0 unspecified atom stereocenters. The van der Waals surface area contributed by atoms with Gasteiger partial charge in [-0.3, -0.25) is 0 Å². The third-order valence-corrected chi connectivity index (χ3v) is 5.70. The maximum atomic E-state index is 4.29. The van der Waals surface area contributed by atoms with E-state index in [1.165, 1.54) is 37.7 Å². The first kappa shape index (κ1) is 12.6. The highest BCUT2D eigenvalue weighted by atomic mass is 15.1. The van der Waals surface area contributed by atoms with Gasteiger partial charge in [-0.15, -0.1) is 0 Å². The van der Waals surface area contributed by atoms with Gasteiger partial charge in [0.05, 0.1) is 0 Å². The Morgan fingerprint density at radius 1 is 1.00 bits per heavy atom. The van der Waals surface area contributed by atoms with Crippen molar-refractivity contribution in [1.29, 1.82) is 0 Å². The minimum absolute atomic E-state index is 0.698. The molecule has 4 heteroatoms. The lowest BCUT2D eigenvalue weighted by molar-refractivity contribution is -0.0142. The summed E-state index contributed by atoms with van der Waals surface area (Å²) in [5.41, 5.74) is 1.19. The molecule has 108 valence electrons. The van der Waals surface area contributed by atoms with Gasteiger partial charge in [0.1, 0.15) is 0 Å². The van der Waals surface area contributed by atoms with Gasteiger partial charge in [-0.25, -0.2) is 9.97 Å². The molecule has 20 heavy (non-hydrogen) atoms. The second-order valence-electron chi connectivity index (χ2n) is 7.00. The number of hydrogen-bond acceptors (Lipinski definition) is 4. The third kappa shape index (κ3) is 2.20. The molecule has 4 bridgehead atoms. The first-order valence-corrected chi connectivity index (χ1v) is 8.04. The van der Waals surface area contributed by atoms with Gasteiger partial charge in [0.25, 0.3) is 0 Å². The van der Waals surface area contributed by atoms with Crippen molar-refractivity contribution in [3.8, 4) is 0 Å². The second-order valence-corrected chi connectivity index (χ2v) is 7.00. The van der Waals surface area contributed by atoms with Gasteiger partial charge in [-0.05, 0) is 55.8 Å². The highest BCUT2D eigenvalue weighted by Gasteiger charge is 2.47. The molecule has 0 spiro atoms. The fourth-order valence-electron chi connectivity index (χ4n) is 5.07. The lowest BCUT2D eigenvalue weighted by Crippen LogP contribution is -2.54. The zero-order valence-corrected chi connectivity index (χ0v) is 12.2. The largest absolute Gasteiger partial charge is 0.357 e. The van der Waals surface area contributed by atoms with Gasteiger partial charge in [-0.1, -0.05) is 0 Å². The zero-order chi connectivity index (χ0) is 13.5. The summed E-state index contributed by atoms with van der Waals surface area (Å²) in [5, 5.41) is 6.78. The number of anilines is 1. The molecule has 1 aromatic rings. The summed E-state index contributed by atoms with van der Waals surface area (Å²) in [5.74, 6) is 4.67. The van der Waals surface area contributed by atoms with Crippen LogP contribution in [0.15, 0.2) is 12.4 Å². The Hall–Kier alpha value is -1.16. The predicted molar refractivity (Wildman–Crippen MR) is 79.3 cm³/mol. The number of nitrogens with one attached hydrogen (secondary N) is 2. The average Bonchev–Trinajstić information content (AvgIpc) is 2.46. The first-order chi connectivity index (χ1) is 9.81. The molecule has 4 nitrogen and oxygen atoms in total. The normalized spacial score (nSPS) is 38.1. The average molecular weight is 272 g/mol. The number of rotatable bonds is 4. The first-order valence-electron chi connectivity index (χ1n) is 8.04. The van der Waals surface area contributed by atoms with Crippen LogP contribution in [0.2, 0.25) is 0 Å². The Balaban J connectivity index is 1.39. The molecule has 4 fully saturated rings. The summed E-state index contributed by atoms with van der Waals surface area (Å²) in [4.78, 5) is 8.58. The molecule has 0 amide bonds. The van der Waals surface area contributed by atoms with Crippen molar-refractivity contribution in [1.82, 2.24) is 15.3 Å². The Labute approximate surface area is 120 Å². The highest BCUT2D eigenvalue weighted by molar-refractivity contribution is 5.23. The van der Waals surface area contributed by atoms with Crippen LogP contribution in [0.3, 0.4) is 0 Å². The molecule has 0 radical (unpaired) electrons. The molecule has 1 heterocycles. The van der Waals surface area contributed by atoms with Crippen LogP contribution in [0.4, 0.5) is 5.95 Å². The van der Waals surface area contributed by atoms with Gasteiger partial charge >= 0.3 is 0 Å². The van der Waals surface area contributed by atoms with Crippen LogP contribution in [-0.4, -0.2) is 23.1 Å². The van der Waals surface area contributed by atoms with Crippen molar-refractivity contribution in [3.63, 3.8) is 0 Å². The van der Waals surface area contributed by atoms with Crippen molar-refractivity contribution in [2.75, 3.05) is 12.4 Å². The fraction of sp³-hybridized carbons (Fsp3) is 0.750. The molecule has 5 rings (SSSR count). The maximum Gasteiger partial charge on any atom is 0.222 e. The highest BCUT2D eigenvalue weighted by Crippen LogP contribution is 2.53. The third-order valence-electron chi connectivity index (χ3n) is 5.70. The predicted octanol–water partition coefficient (Wildman–Crippen LogP) is 2.43. The molecule has 4 aliphatic carbocycles. The van der Waals surface area contributed by atoms with Gasteiger partial charge in [0.2, 0.25) is 5.95 Å². The molecule has 2 N–H and O–H groups in total. The van der Waals surface area contributed by atoms with E-state index in [1.54, 1.807) is 0 Å². The summed E-state index contributed by atoms with van der Waals surface area (Å²) < 4.78 is 0. The van der Waals surface area contributed by atoms with E-state index in [0.717, 1.165) is 36.3 Å². The van der Waals surface area contributed by atoms with E-state index in [-0.39, 0.29) is 0 Å². The Kier molecular flexibility index (Phi) is 3.14. The van der Waals surface area contributed by atoms with E-state index in [4.69, 9.17) is 0 Å². The van der Waals surface area contributed by atoms with E-state index in [1.807, 2.05) is 19.4 Å². The minimum Gasteiger partial charge on any atom is -0.357 e. The summed E-state index contributed by atoms with van der Waals surface area (Å²) in [6, 6.07) is 0.742. The lowest BCUT2D eigenvalue weighted by Gasteiger charge is -2.54. The molecule has 4 saturated carbocycles. The molecule has 0 atom stereocenters. The minimum atomic E-state index is 0.698. The van der Waals surface area contributed by atoms with Crippen LogP contribution < -0.4 is 10.6 Å². The van der Waals surface area contributed by atoms with Crippen molar-refractivity contribution in [3.05, 3.63) is 18.0 Å². The van der Waals surface area contributed by atoms with Crippen LogP contribution in [0.1, 0.15) is 37.7 Å². The number of hydrogen-bond donors (Lipinski definition) is 2. The van der Waals surface area contributed by atoms with Crippen molar-refractivity contribution in [2.24, 2.45) is 23.7 Å². The molecular formula is C16H24N4. The lowest BCUT2D eigenvalue weighted by atomic mass is 9.54.